The average Bonchev–Trinajstić information content (AvgIpc) is 2.66. The number of nitrogens with zero attached hydrogens (tertiary/aromatic N) is 1. The van der Waals surface area contributed by atoms with Gasteiger partial charge in [-0.1, -0.05) is 31.9 Å². The average molecular weight is 373 g/mol. The number of carbonyl (C=O) groups is 3. The number of esters is 1. The summed E-state index contributed by atoms with van der Waals surface area (Å²) in [7, 11) is 0. The molecule has 3 amide bonds. The Morgan fingerprint density at radius 1 is 1.19 bits per heavy atom. The van der Waals surface area contributed by atoms with Crippen LogP contribution in [0, 0.1) is 17.2 Å². The normalized spacial score (nSPS) is 18.7. The first-order chi connectivity index (χ1) is 13.0. The second-order valence-electron chi connectivity index (χ2n) is 6.45. The number of amides is 3. The van der Waals surface area contributed by atoms with E-state index in [9.17, 15) is 14.4 Å². The minimum Gasteiger partial charge on any atom is -0.481 e. The third kappa shape index (κ3) is 6.62. The Morgan fingerprint density at radius 2 is 1.93 bits per heavy atom. The molecule has 2 atom stereocenters. The number of carbonyl (C=O) groups excluding carboxylic acids is 3. The molecule has 0 heterocycles. The van der Waals surface area contributed by atoms with E-state index in [4.69, 9.17) is 14.7 Å². The fraction of sp³-hybridized carbons (Fsp3) is 0.474. The van der Waals surface area contributed by atoms with Crippen LogP contribution in [0.25, 0.3) is 0 Å². The van der Waals surface area contributed by atoms with Crippen molar-refractivity contribution in [2.75, 3.05) is 13.2 Å². The van der Waals surface area contributed by atoms with E-state index in [0.29, 0.717) is 5.92 Å². The molecule has 1 aromatic carbocycles. The number of nitrogens with one attached hydrogen (secondary N) is 2. The molecule has 0 aliphatic heterocycles. The van der Waals surface area contributed by atoms with Crippen LogP contribution in [0.5, 0.6) is 5.75 Å². The molecule has 2 N–H and O–H groups in total. The fourth-order valence-electron chi connectivity index (χ4n) is 2.91. The fourth-order valence-corrected chi connectivity index (χ4v) is 2.91. The number of hydrogen-bond acceptors (Lipinski definition) is 6. The molecule has 0 unspecified atom stereocenters. The van der Waals surface area contributed by atoms with Crippen LogP contribution in [-0.4, -0.2) is 37.2 Å². The summed E-state index contributed by atoms with van der Waals surface area (Å²) in [4.78, 5) is 35.2. The standard InChI is InChI=1S/C19H23N3O5/c1-13-6-2-4-8-15(13)21-19(25)22-17(23)11-27-18(24)12-26-16-9-5-3-7-14(16)10-20/h3,5,7,9,13,15H,2,4,6,8,11-12H2,1H3,(H2,21,22,23,25)/t13-,15-/m1/s1. The second-order valence-corrected chi connectivity index (χ2v) is 6.45. The van der Waals surface area contributed by atoms with Crippen LogP contribution in [0.2, 0.25) is 0 Å². The first kappa shape index (κ1) is 20.2. The summed E-state index contributed by atoms with van der Waals surface area (Å²) in [5, 5.41) is 13.9. The van der Waals surface area contributed by atoms with Crippen molar-refractivity contribution in [2.45, 2.75) is 38.6 Å². The van der Waals surface area contributed by atoms with E-state index in [1.54, 1.807) is 24.3 Å². The highest BCUT2D eigenvalue weighted by atomic mass is 16.6. The number of benzene rings is 1. The SMILES string of the molecule is C[C@@H]1CCCC[C@H]1NC(=O)NC(=O)COC(=O)COc1ccccc1C#N. The highest BCUT2D eigenvalue weighted by molar-refractivity contribution is 5.95. The lowest BCUT2D eigenvalue weighted by Crippen LogP contribution is -2.48. The van der Waals surface area contributed by atoms with E-state index in [0.717, 1.165) is 25.7 Å². The van der Waals surface area contributed by atoms with E-state index in [1.165, 1.54) is 0 Å². The van der Waals surface area contributed by atoms with E-state index in [1.807, 2.05) is 6.07 Å². The van der Waals surface area contributed by atoms with Gasteiger partial charge in [-0.2, -0.15) is 5.26 Å². The van der Waals surface area contributed by atoms with Gasteiger partial charge in [0.25, 0.3) is 5.91 Å². The van der Waals surface area contributed by atoms with Gasteiger partial charge in [0.15, 0.2) is 13.2 Å². The molecule has 1 aromatic rings. The van der Waals surface area contributed by atoms with Gasteiger partial charge in [-0.3, -0.25) is 10.1 Å². The molecule has 144 valence electrons. The summed E-state index contributed by atoms with van der Waals surface area (Å²) in [6, 6.07) is 7.84. The van der Waals surface area contributed by atoms with Gasteiger partial charge in [-0.15, -0.1) is 0 Å². The minimum absolute atomic E-state index is 0.0442. The zero-order valence-electron chi connectivity index (χ0n) is 15.2. The van der Waals surface area contributed by atoms with Crippen molar-refractivity contribution in [3.8, 4) is 11.8 Å². The van der Waals surface area contributed by atoms with Crippen LogP contribution >= 0.6 is 0 Å². The number of urea groups is 1. The third-order valence-electron chi connectivity index (χ3n) is 4.40. The summed E-state index contributed by atoms with van der Waals surface area (Å²) < 4.78 is 9.98. The minimum atomic E-state index is -0.779. The molecule has 1 aliphatic rings. The number of imide groups is 1. The predicted octanol–water partition coefficient (Wildman–Crippen LogP) is 1.88. The van der Waals surface area contributed by atoms with Crippen LogP contribution < -0.4 is 15.4 Å². The smallest absolute Gasteiger partial charge is 0.344 e. The number of rotatable bonds is 6. The van der Waals surface area contributed by atoms with Crippen molar-refractivity contribution in [3.05, 3.63) is 29.8 Å². The predicted molar refractivity (Wildman–Crippen MR) is 95.7 cm³/mol. The lowest BCUT2D eigenvalue weighted by Gasteiger charge is -2.29. The number of hydrogen-bond donors (Lipinski definition) is 2. The summed E-state index contributed by atoms with van der Waals surface area (Å²) in [6.07, 6.45) is 4.14. The molecule has 8 heteroatoms. The molecule has 0 aromatic heterocycles. The van der Waals surface area contributed by atoms with Gasteiger partial charge in [0.05, 0.1) is 5.56 Å². The van der Waals surface area contributed by atoms with Gasteiger partial charge in [-0.25, -0.2) is 9.59 Å². The van der Waals surface area contributed by atoms with E-state index < -0.39 is 31.1 Å². The van der Waals surface area contributed by atoms with Gasteiger partial charge in [0, 0.05) is 6.04 Å². The Balaban J connectivity index is 1.68. The van der Waals surface area contributed by atoms with Crippen molar-refractivity contribution in [2.24, 2.45) is 5.92 Å². The molecule has 0 saturated heterocycles. The Morgan fingerprint density at radius 3 is 2.67 bits per heavy atom. The van der Waals surface area contributed by atoms with Crippen LogP contribution in [0.3, 0.4) is 0 Å². The molecule has 1 aliphatic carbocycles. The molecule has 2 rings (SSSR count). The molecular formula is C19H23N3O5. The van der Waals surface area contributed by atoms with Gasteiger partial charge in [0.1, 0.15) is 11.8 Å². The molecule has 1 fully saturated rings. The van der Waals surface area contributed by atoms with Gasteiger partial charge < -0.3 is 14.8 Å². The molecule has 0 spiro atoms. The summed E-state index contributed by atoms with van der Waals surface area (Å²) in [5.74, 6) is -0.880. The number of nitriles is 1. The number of ether oxygens (including phenoxy) is 2. The zero-order valence-corrected chi connectivity index (χ0v) is 15.2. The van der Waals surface area contributed by atoms with E-state index in [2.05, 4.69) is 17.6 Å². The van der Waals surface area contributed by atoms with Crippen molar-refractivity contribution in [1.82, 2.24) is 10.6 Å². The quantitative estimate of drug-likeness (QED) is 0.735. The highest BCUT2D eigenvalue weighted by Gasteiger charge is 2.23. The molecule has 0 radical (unpaired) electrons. The van der Waals surface area contributed by atoms with Crippen LogP contribution in [0.1, 0.15) is 38.2 Å². The first-order valence-electron chi connectivity index (χ1n) is 8.87. The van der Waals surface area contributed by atoms with Crippen LogP contribution in [-0.2, 0) is 14.3 Å². The van der Waals surface area contributed by atoms with Gasteiger partial charge in [-0.05, 0) is 30.9 Å². The largest absolute Gasteiger partial charge is 0.481 e. The molecule has 8 nitrogen and oxygen atoms in total. The monoisotopic (exact) mass is 373 g/mol. The molecule has 1 saturated carbocycles. The molecule has 0 bridgehead atoms. The summed E-state index contributed by atoms with van der Waals surface area (Å²) >= 11 is 0. The zero-order chi connectivity index (χ0) is 19.6. The van der Waals surface area contributed by atoms with E-state index in [-0.39, 0.29) is 17.4 Å². The lowest BCUT2D eigenvalue weighted by atomic mass is 9.86. The van der Waals surface area contributed by atoms with Gasteiger partial charge in [0.2, 0.25) is 0 Å². The Hall–Kier alpha value is -3.08. The van der Waals surface area contributed by atoms with E-state index >= 15 is 0 Å². The van der Waals surface area contributed by atoms with Crippen molar-refractivity contribution < 1.29 is 23.9 Å². The maximum atomic E-state index is 11.9. The van der Waals surface area contributed by atoms with Gasteiger partial charge >= 0.3 is 12.0 Å². The summed E-state index contributed by atoms with van der Waals surface area (Å²) in [6.45, 7) is 1.03. The van der Waals surface area contributed by atoms with Crippen molar-refractivity contribution >= 4 is 17.9 Å². The van der Waals surface area contributed by atoms with Crippen LogP contribution in [0.15, 0.2) is 24.3 Å². The number of para-hydroxylation sites is 1. The third-order valence-corrected chi connectivity index (χ3v) is 4.40. The van der Waals surface area contributed by atoms with Crippen molar-refractivity contribution in [1.29, 1.82) is 5.26 Å². The topological polar surface area (TPSA) is 118 Å². The maximum absolute atomic E-state index is 11.9. The second kappa shape index (κ2) is 10.2. The van der Waals surface area contributed by atoms with Crippen molar-refractivity contribution in [3.63, 3.8) is 0 Å². The first-order valence-corrected chi connectivity index (χ1v) is 8.87. The summed E-state index contributed by atoms with van der Waals surface area (Å²) in [5.41, 5.74) is 0.289. The Labute approximate surface area is 157 Å². The van der Waals surface area contributed by atoms with Crippen LogP contribution in [0.4, 0.5) is 4.79 Å². The molecule has 27 heavy (non-hydrogen) atoms. The Bertz CT molecular complexity index is 728. The highest BCUT2D eigenvalue weighted by Crippen LogP contribution is 2.23. The lowest BCUT2D eigenvalue weighted by molar-refractivity contribution is -0.150. The maximum Gasteiger partial charge on any atom is 0.344 e. The molecular weight excluding hydrogens is 350 g/mol. The Kier molecular flexibility index (Phi) is 7.62.